The van der Waals surface area contributed by atoms with Crippen molar-refractivity contribution in [3.05, 3.63) is 76.4 Å². The normalized spacial score (nSPS) is 27.6. The number of amides is 1. The summed E-state index contributed by atoms with van der Waals surface area (Å²) in [6, 6.07) is 14.6. The van der Waals surface area contributed by atoms with Gasteiger partial charge < -0.3 is 4.90 Å². The highest BCUT2D eigenvalue weighted by atomic mass is 16.2. The summed E-state index contributed by atoms with van der Waals surface area (Å²) in [6.45, 7) is 3.17. The monoisotopic (exact) mass is 384 g/mol. The Bertz CT molecular complexity index is 1160. The van der Waals surface area contributed by atoms with Crippen LogP contribution in [0.15, 0.2) is 59.7 Å². The number of hydrogen-bond donors (Lipinski definition) is 0. The number of hydrogen-bond acceptors (Lipinski definition) is 4. The maximum atomic E-state index is 14.0. The van der Waals surface area contributed by atoms with Crippen molar-refractivity contribution < 1.29 is 14.4 Å². The predicted molar refractivity (Wildman–Crippen MR) is 108 cm³/mol. The fraction of sp³-hybridized carbons (Fsp3) is 0.292. The van der Waals surface area contributed by atoms with Crippen LogP contribution in [0.1, 0.15) is 46.0 Å². The summed E-state index contributed by atoms with van der Waals surface area (Å²) >= 11 is 0. The molecule has 3 aliphatic heterocycles. The van der Waals surface area contributed by atoms with Crippen molar-refractivity contribution in [2.45, 2.75) is 31.3 Å². The van der Waals surface area contributed by atoms with Gasteiger partial charge in [-0.15, -0.1) is 0 Å². The molecular formula is C24H20N2O3. The Balaban J connectivity index is 1.71. The van der Waals surface area contributed by atoms with Crippen molar-refractivity contribution in [2.24, 2.45) is 0 Å². The van der Waals surface area contributed by atoms with E-state index in [4.69, 9.17) is 0 Å². The van der Waals surface area contributed by atoms with E-state index in [-0.39, 0.29) is 23.5 Å². The minimum absolute atomic E-state index is 0.0933. The Morgan fingerprint density at radius 1 is 0.966 bits per heavy atom. The van der Waals surface area contributed by atoms with Gasteiger partial charge in [0.05, 0.1) is 0 Å². The number of carbonyl (C=O) groups excluding carboxylic acids is 3. The van der Waals surface area contributed by atoms with Gasteiger partial charge in [-0.2, -0.15) is 0 Å². The lowest BCUT2D eigenvalue weighted by atomic mass is 9.74. The molecule has 29 heavy (non-hydrogen) atoms. The lowest BCUT2D eigenvalue weighted by Crippen LogP contribution is -2.53. The molecule has 0 bridgehead atoms. The molecule has 2 aromatic carbocycles. The van der Waals surface area contributed by atoms with E-state index in [1.807, 2.05) is 31.2 Å². The summed E-state index contributed by atoms with van der Waals surface area (Å²) in [6.07, 6.45) is 1.71. The predicted octanol–water partition coefficient (Wildman–Crippen LogP) is 3.10. The van der Waals surface area contributed by atoms with E-state index in [2.05, 4.69) is 4.90 Å². The van der Waals surface area contributed by atoms with Gasteiger partial charge in [0.1, 0.15) is 0 Å². The number of fused-ring (bicyclic) bond motifs is 7. The number of nitrogens with zero attached hydrogens (tertiary/aromatic N) is 2. The fourth-order valence-electron chi connectivity index (χ4n) is 5.95. The molecule has 5 nitrogen and oxygen atoms in total. The number of ketones is 2. The van der Waals surface area contributed by atoms with E-state index in [9.17, 15) is 14.4 Å². The lowest BCUT2D eigenvalue weighted by molar-refractivity contribution is -0.127. The molecule has 4 aliphatic rings. The molecule has 3 heterocycles. The summed E-state index contributed by atoms with van der Waals surface area (Å²) in [4.78, 5) is 45.2. The van der Waals surface area contributed by atoms with Crippen LogP contribution in [-0.2, 0) is 10.3 Å². The van der Waals surface area contributed by atoms with Gasteiger partial charge in [0.15, 0.2) is 17.1 Å². The third-order valence-electron chi connectivity index (χ3n) is 6.99. The first-order valence-electron chi connectivity index (χ1n) is 10.2. The van der Waals surface area contributed by atoms with Crippen LogP contribution < -0.4 is 4.90 Å². The third kappa shape index (κ3) is 1.74. The molecule has 0 N–H and O–H groups in total. The molecule has 2 atom stereocenters. The largest absolute Gasteiger partial charge is 0.310 e. The van der Waals surface area contributed by atoms with E-state index in [1.165, 1.54) is 0 Å². The molecule has 2 unspecified atom stereocenters. The number of likely N-dealkylation sites (N-methyl/N-ethyl adjacent to an activating group) is 1. The zero-order chi connectivity index (χ0) is 19.9. The van der Waals surface area contributed by atoms with Gasteiger partial charge in [-0.05, 0) is 25.8 Å². The van der Waals surface area contributed by atoms with Crippen LogP contribution in [0.4, 0.5) is 5.69 Å². The van der Waals surface area contributed by atoms with E-state index in [1.54, 1.807) is 29.2 Å². The van der Waals surface area contributed by atoms with Crippen molar-refractivity contribution in [1.29, 1.82) is 0 Å². The molecule has 0 aromatic heterocycles. The number of anilines is 1. The van der Waals surface area contributed by atoms with Gasteiger partial charge >= 0.3 is 0 Å². The first-order valence-corrected chi connectivity index (χ1v) is 10.2. The molecule has 1 fully saturated rings. The maximum Gasteiger partial charge on any atom is 0.257 e. The van der Waals surface area contributed by atoms with Crippen molar-refractivity contribution in [3.8, 4) is 0 Å². The molecule has 1 saturated heterocycles. The number of benzene rings is 2. The molecule has 1 aliphatic carbocycles. The molecule has 144 valence electrons. The van der Waals surface area contributed by atoms with Crippen LogP contribution in [0.5, 0.6) is 0 Å². The quantitative estimate of drug-likeness (QED) is 0.758. The average Bonchev–Trinajstić information content (AvgIpc) is 3.39. The molecule has 5 heteroatoms. The van der Waals surface area contributed by atoms with Gasteiger partial charge in [-0.3, -0.25) is 19.3 Å². The first kappa shape index (κ1) is 16.9. The molecule has 0 radical (unpaired) electrons. The van der Waals surface area contributed by atoms with Crippen LogP contribution in [0.25, 0.3) is 0 Å². The topological polar surface area (TPSA) is 57.7 Å². The maximum absolute atomic E-state index is 14.0. The standard InChI is InChI=1S/C24H20N2O3/c1-2-25-17-11-6-5-10-16(17)24(23(25)29)20-19(18-12-7-13-26(18)24)21(27)14-8-3-4-9-15(14)22(20)28/h3-6,8-11,18H,2,7,12-13H2,1H3. The molecule has 2 aromatic rings. The Hall–Kier alpha value is -3.05. The summed E-state index contributed by atoms with van der Waals surface area (Å²) in [5.74, 6) is -0.367. The van der Waals surface area contributed by atoms with Gasteiger partial charge in [-0.25, -0.2) is 0 Å². The van der Waals surface area contributed by atoms with Crippen LogP contribution in [0, 0.1) is 0 Å². The van der Waals surface area contributed by atoms with Crippen LogP contribution in [-0.4, -0.2) is 41.5 Å². The SMILES string of the molecule is CCN1C(=O)C2(C3=C(C(=O)c4ccccc4C3=O)C3CCCN32)c2ccccc21. The molecule has 0 saturated carbocycles. The van der Waals surface area contributed by atoms with Crippen molar-refractivity contribution >= 4 is 23.2 Å². The van der Waals surface area contributed by atoms with Gasteiger partial charge in [-0.1, -0.05) is 42.5 Å². The summed E-state index contributed by atoms with van der Waals surface area (Å²) < 4.78 is 0. The summed E-state index contributed by atoms with van der Waals surface area (Å²) in [7, 11) is 0. The number of para-hydroxylation sites is 1. The highest BCUT2D eigenvalue weighted by molar-refractivity contribution is 6.32. The second-order valence-corrected chi connectivity index (χ2v) is 8.12. The van der Waals surface area contributed by atoms with E-state index in [0.717, 1.165) is 24.1 Å². The van der Waals surface area contributed by atoms with E-state index < -0.39 is 5.54 Å². The van der Waals surface area contributed by atoms with Crippen LogP contribution in [0.3, 0.4) is 0 Å². The van der Waals surface area contributed by atoms with E-state index >= 15 is 0 Å². The number of carbonyl (C=O) groups is 3. The minimum atomic E-state index is -1.18. The zero-order valence-corrected chi connectivity index (χ0v) is 16.1. The lowest BCUT2D eigenvalue weighted by Gasteiger charge is -2.36. The Morgan fingerprint density at radius 2 is 1.66 bits per heavy atom. The minimum Gasteiger partial charge on any atom is -0.310 e. The highest BCUT2D eigenvalue weighted by Crippen LogP contribution is 2.58. The molecule has 1 amide bonds. The molecule has 1 spiro atoms. The number of rotatable bonds is 1. The smallest absolute Gasteiger partial charge is 0.257 e. The average molecular weight is 384 g/mol. The Morgan fingerprint density at radius 3 is 2.41 bits per heavy atom. The van der Waals surface area contributed by atoms with Gasteiger partial charge in [0.25, 0.3) is 5.91 Å². The Labute approximate surface area is 168 Å². The fourth-order valence-corrected chi connectivity index (χ4v) is 5.95. The second kappa shape index (κ2) is 5.51. The summed E-state index contributed by atoms with van der Waals surface area (Å²) in [5, 5.41) is 0. The van der Waals surface area contributed by atoms with Crippen molar-refractivity contribution in [2.75, 3.05) is 18.0 Å². The molecular weight excluding hydrogens is 364 g/mol. The second-order valence-electron chi connectivity index (χ2n) is 8.12. The molecule has 6 rings (SSSR count). The van der Waals surface area contributed by atoms with Gasteiger partial charge in [0.2, 0.25) is 0 Å². The zero-order valence-electron chi connectivity index (χ0n) is 16.1. The van der Waals surface area contributed by atoms with Crippen LogP contribution >= 0.6 is 0 Å². The highest BCUT2D eigenvalue weighted by Gasteiger charge is 2.67. The third-order valence-corrected chi connectivity index (χ3v) is 6.99. The van der Waals surface area contributed by atoms with E-state index in [0.29, 0.717) is 35.4 Å². The van der Waals surface area contributed by atoms with Crippen molar-refractivity contribution in [1.82, 2.24) is 4.90 Å². The summed E-state index contributed by atoms with van der Waals surface area (Å²) in [5.41, 5.74) is 2.33. The van der Waals surface area contributed by atoms with Gasteiger partial charge in [0, 0.05) is 52.7 Å². The van der Waals surface area contributed by atoms with Crippen LogP contribution in [0.2, 0.25) is 0 Å². The Kier molecular flexibility index (Phi) is 3.21. The number of Topliss-reactive ketones (excluding diaryl/α,β-unsaturated/α-hetero) is 2. The first-order chi connectivity index (χ1) is 14.1. The van der Waals surface area contributed by atoms with Crippen molar-refractivity contribution in [3.63, 3.8) is 0 Å².